The number of nitrogens with zero attached hydrogens (tertiary/aromatic N) is 6. The summed E-state index contributed by atoms with van der Waals surface area (Å²) in [6, 6.07) is 8.60. The van der Waals surface area contributed by atoms with Crippen LogP contribution >= 0.6 is 11.8 Å². The van der Waals surface area contributed by atoms with Gasteiger partial charge in [0.15, 0.2) is 17.3 Å². The minimum Gasteiger partial charge on any atom is -0.344 e. The molecule has 0 bridgehead atoms. The van der Waals surface area contributed by atoms with E-state index in [0.717, 1.165) is 35.5 Å². The van der Waals surface area contributed by atoms with Crippen LogP contribution in [0.25, 0.3) is 11.4 Å². The summed E-state index contributed by atoms with van der Waals surface area (Å²) in [6.45, 7) is 6.70. The molecule has 3 aromatic rings. The zero-order valence-electron chi connectivity index (χ0n) is 26.0. The summed E-state index contributed by atoms with van der Waals surface area (Å²) in [5.41, 5.74) is 3.24. The summed E-state index contributed by atoms with van der Waals surface area (Å²) in [7, 11) is 2.04. The van der Waals surface area contributed by atoms with Gasteiger partial charge < -0.3 is 20.4 Å². The molecule has 4 heterocycles. The van der Waals surface area contributed by atoms with Crippen molar-refractivity contribution in [2.45, 2.75) is 64.7 Å². The number of benzene rings is 1. The van der Waals surface area contributed by atoms with Crippen molar-refractivity contribution in [3.05, 3.63) is 53.1 Å². The highest BCUT2D eigenvalue weighted by atomic mass is 32.2. The fourth-order valence-corrected chi connectivity index (χ4v) is 6.20. The topological polar surface area (TPSA) is 141 Å². The van der Waals surface area contributed by atoms with Crippen molar-refractivity contribution in [2.24, 2.45) is 5.92 Å². The van der Waals surface area contributed by atoms with E-state index in [1.54, 1.807) is 16.7 Å². The van der Waals surface area contributed by atoms with Gasteiger partial charge in [0.05, 0.1) is 12.6 Å². The normalized spacial score (nSPS) is 20.4. The molecular weight excluding hydrogens is 578 g/mol. The molecule has 2 atom stereocenters. The molecule has 3 N–H and O–H groups in total. The number of hydrogen-bond acceptors (Lipinski definition) is 8. The van der Waals surface area contributed by atoms with Crippen molar-refractivity contribution in [3.63, 3.8) is 0 Å². The van der Waals surface area contributed by atoms with Crippen molar-refractivity contribution in [3.8, 4) is 11.4 Å². The average Bonchev–Trinajstić information content (AvgIpc) is 3.63. The molecule has 0 spiro atoms. The number of rotatable bonds is 6. The van der Waals surface area contributed by atoms with E-state index in [2.05, 4.69) is 25.7 Å². The van der Waals surface area contributed by atoms with E-state index in [0.29, 0.717) is 56.4 Å². The number of amides is 3. The third-order valence-corrected chi connectivity index (χ3v) is 8.91. The van der Waals surface area contributed by atoms with Gasteiger partial charge in [-0.05, 0) is 37.8 Å². The molecule has 3 amide bonds. The second-order valence-corrected chi connectivity index (χ2v) is 12.9. The first-order valence-electron chi connectivity index (χ1n) is 15.4. The Balaban J connectivity index is 1.51. The maximum atomic E-state index is 14.0. The van der Waals surface area contributed by atoms with E-state index in [9.17, 15) is 14.4 Å². The second-order valence-electron chi connectivity index (χ2n) is 11.9. The van der Waals surface area contributed by atoms with Gasteiger partial charge in [-0.3, -0.25) is 19.5 Å². The predicted octanol–water partition coefficient (Wildman–Crippen LogP) is 2.64. The van der Waals surface area contributed by atoms with Crippen LogP contribution in [0.3, 0.4) is 0 Å². The summed E-state index contributed by atoms with van der Waals surface area (Å²) in [5.74, 6) is 1.28. The lowest BCUT2D eigenvalue weighted by Gasteiger charge is -2.28. The third-order valence-electron chi connectivity index (χ3n) is 8.27. The van der Waals surface area contributed by atoms with Crippen LogP contribution in [0.1, 0.15) is 66.7 Å². The molecule has 0 radical (unpaired) electrons. The van der Waals surface area contributed by atoms with E-state index in [1.165, 1.54) is 0 Å². The van der Waals surface area contributed by atoms with E-state index in [4.69, 9.17) is 10.1 Å². The number of likely N-dealkylation sites (N-methyl/N-ethyl adjacent to an activating group) is 1. The van der Waals surface area contributed by atoms with Crippen molar-refractivity contribution in [2.75, 3.05) is 38.7 Å². The maximum absolute atomic E-state index is 14.0. The van der Waals surface area contributed by atoms with Crippen LogP contribution in [-0.2, 0) is 29.1 Å². The molecule has 0 saturated carbocycles. The Hall–Kier alpha value is -3.71. The summed E-state index contributed by atoms with van der Waals surface area (Å²) in [4.78, 5) is 49.5. The number of hydrogen-bond donors (Lipinski definition) is 3. The van der Waals surface area contributed by atoms with Gasteiger partial charge in [-0.25, -0.2) is 9.67 Å². The molecule has 12 nitrogen and oxygen atoms in total. The van der Waals surface area contributed by atoms with Gasteiger partial charge in [-0.1, -0.05) is 44.2 Å². The lowest BCUT2D eigenvalue weighted by atomic mass is 10.0. The predicted molar refractivity (Wildman–Crippen MR) is 170 cm³/mol. The van der Waals surface area contributed by atoms with Crippen LogP contribution in [0.15, 0.2) is 30.3 Å². The molecule has 13 heteroatoms. The molecule has 0 aliphatic carbocycles. The van der Waals surface area contributed by atoms with Crippen molar-refractivity contribution >= 4 is 29.5 Å². The maximum Gasteiger partial charge on any atom is 0.274 e. The molecule has 0 unspecified atom stereocenters. The standard InChI is InChI=1S/C31H43N9O3S/c1-20(2)26-29-34-28(21-9-6-5-7-10-21)37-40(29)17-16-39(31(43)27-22-19-38(3)15-12-23(22)35-36-27)14-8-11-25(41)32-24(13-18-44-4)30(42)33-26/h5-7,9-10,20,24,26H,8,11-19H2,1-4H3,(H,32,41)(H,33,42)(H,35,36)/t24-,26+/m0/s1. The Morgan fingerprint density at radius 3 is 2.61 bits per heavy atom. The molecule has 2 aliphatic heterocycles. The van der Waals surface area contributed by atoms with Gasteiger partial charge in [0, 0.05) is 55.8 Å². The first-order chi connectivity index (χ1) is 21.2. The van der Waals surface area contributed by atoms with Gasteiger partial charge in [-0.2, -0.15) is 22.0 Å². The second kappa shape index (κ2) is 14.4. The summed E-state index contributed by atoms with van der Waals surface area (Å²) in [5, 5.41) is 18.5. The van der Waals surface area contributed by atoms with Crippen LogP contribution in [0.2, 0.25) is 0 Å². The minimum absolute atomic E-state index is 0.0133. The first kappa shape index (κ1) is 31.7. The Labute approximate surface area is 262 Å². The Kier molecular flexibility index (Phi) is 10.4. The molecule has 5 rings (SSSR count). The van der Waals surface area contributed by atoms with E-state index >= 15 is 0 Å². The van der Waals surface area contributed by atoms with E-state index in [-0.39, 0.29) is 30.1 Å². The van der Waals surface area contributed by atoms with Crippen molar-refractivity contribution in [1.82, 2.24) is 45.4 Å². The fourth-order valence-electron chi connectivity index (χ4n) is 5.73. The highest BCUT2D eigenvalue weighted by molar-refractivity contribution is 7.98. The fraction of sp³-hybridized carbons (Fsp3) is 0.548. The summed E-state index contributed by atoms with van der Waals surface area (Å²) < 4.78 is 1.82. The average molecular weight is 622 g/mol. The zero-order chi connectivity index (χ0) is 31.2. The van der Waals surface area contributed by atoms with Gasteiger partial charge in [0.1, 0.15) is 6.04 Å². The van der Waals surface area contributed by atoms with Crippen molar-refractivity contribution < 1.29 is 14.4 Å². The molecule has 0 saturated heterocycles. The molecule has 44 heavy (non-hydrogen) atoms. The Morgan fingerprint density at radius 2 is 1.86 bits per heavy atom. The highest BCUT2D eigenvalue weighted by Gasteiger charge is 2.31. The number of aromatic nitrogens is 5. The van der Waals surface area contributed by atoms with Crippen LogP contribution in [0.4, 0.5) is 0 Å². The molecule has 0 fully saturated rings. The van der Waals surface area contributed by atoms with Gasteiger partial charge in [0.25, 0.3) is 5.91 Å². The highest BCUT2D eigenvalue weighted by Crippen LogP contribution is 2.25. The van der Waals surface area contributed by atoms with E-state index in [1.807, 2.05) is 62.2 Å². The summed E-state index contributed by atoms with van der Waals surface area (Å²) >= 11 is 1.63. The van der Waals surface area contributed by atoms with Crippen LogP contribution < -0.4 is 10.6 Å². The first-order valence-corrected chi connectivity index (χ1v) is 16.8. The Bertz CT molecular complexity index is 1450. The monoisotopic (exact) mass is 621 g/mol. The number of carbonyl (C=O) groups excluding carboxylic acids is 3. The van der Waals surface area contributed by atoms with Crippen LogP contribution in [-0.4, -0.2) is 97.2 Å². The molecule has 2 aromatic heterocycles. The van der Waals surface area contributed by atoms with Crippen molar-refractivity contribution in [1.29, 1.82) is 0 Å². The number of aromatic amines is 1. The van der Waals surface area contributed by atoms with Gasteiger partial charge in [0.2, 0.25) is 11.8 Å². The van der Waals surface area contributed by atoms with Gasteiger partial charge in [-0.15, -0.1) is 0 Å². The van der Waals surface area contributed by atoms with Crippen LogP contribution in [0, 0.1) is 5.92 Å². The molecule has 2 aliphatic rings. The zero-order valence-corrected chi connectivity index (χ0v) is 26.8. The number of fused-ring (bicyclic) bond motifs is 2. The third kappa shape index (κ3) is 7.32. The largest absolute Gasteiger partial charge is 0.344 e. The number of nitrogens with one attached hydrogen (secondary N) is 3. The van der Waals surface area contributed by atoms with Crippen LogP contribution in [0.5, 0.6) is 0 Å². The smallest absolute Gasteiger partial charge is 0.274 e. The minimum atomic E-state index is -0.672. The lowest BCUT2D eigenvalue weighted by molar-refractivity contribution is -0.129. The number of H-pyrrole nitrogens is 1. The Morgan fingerprint density at radius 1 is 1.07 bits per heavy atom. The SMILES string of the molecule is CSCC[C@@H]1NC(=O)CCCN(C(=O)c2n[nH]c3c2CN(C)CC3)CCn2nc(-c3ccccc3)nc2[C@@H](C(C)C)NC1=O. The lowest BCUT2D eigenvalue weighted by Crippen LogP contribution is -2.49. The number of thioether (sulfide) groups is 1. The van der Waals surface area contributed by atoms with E-state index < -0.39 is 12.1 Å². The molecule has 1 aromatic carbocycles. The molecule has 236 valence electrons. The summed E-state index contributed by atoms with van der Waals surface area (Å²) in [6.07, 6.45) is 3.96. The molecular formula is C31H43N9O3S. The van der Waals surface area contributed by atoms with Gasteiger partial charge >= 0.3 is 0 Å². The quantitative estimate of drug-likeness (QED) is 0.382. The number of carbonyl (C=O) groups is 3.